The topological polar surface area (TPSA) is 86.0 Å². The molecule has 1 atom stereocenters. The van der Waals surface area contributed by atoms with Gasteiger partial charge in [-0.25, -0.2) is 4.98 Å². The maximum Gasteiger partial charge on any atom is 0.308 e. The third kappa shape index (κ3) is 2.95. The Morgan fingerprint density at radius 2 is 2.38 bits per heavy atom. The second-order valence-corrected chi connectivity index (χ2v) is 3.58. The third-order valence-corrected chi connectivity index (χ3v) is 2.15. The molecule has 0 saturated heterocycles. The van der Waals surface area contributed by atoms with Crippen LogP contribution in [0.1, 0.15) is 18.2 Å². The van der Waals surface area contributed by atoms with E-state index in [0.29, 0.717) is 11.4 Å². The van der Waals surface area contributed by atoms with Gasteiger partial charge in [0.2, 0.25) is 0 Å². The average Bonchev–Trinajstić information content (AvgIpc) is 2.25. The zero-order valence-corrected chi connectivity index (χ0v) is 9.19. The zero-order valence-electron chi connectivity index (χ0n) is 9.19. The number of nitrogens with zero attached hydrogens (tertiary/aromatic N) is 2. The molecule has 0 radical (unpaired) electrons. The van der Waals surface area contributed by atoms with Crippen molar-refractivity contribution in [2.24, 2.45) is 5.92 Å². The summed E-state index contributed by atoms with van der Waals surface area (Å²) in [5.41, 5.74) is 1.20. The van der Waals surface area contributed by atoms with E-state index in [1.54, 1.807) is 19.1 Å². The van der Waals surface area contributed by atoms with Gasteiger partial charge in [0.15, 0.2) is 0 Å². The first-order valence-electron chi connectivity index (χ1n) is 4.89. The van der Waals surface area contributed by atoms with Crippen molar-refractivity contribution in [3.63, 3.8) is 0 Å². The fourth-order valence-corrected chi connectivity index (χ4v) is 1.12. The van der Waals surface area contributed by atoms with E-state index in [0.717, 1.165) is 5.69 Å². The van der Waals surface area contributed by atoms with Crippen LogP contribution in [0.25, 0.3) is 0 Å². The van der Waals surface area contributed by atoms with Gasteiger partial charge in [-0.3, -0.25) is 4.79 Å². The number of carbonyl (C=O) groups is 1. The minimum atomic E-state index is -0.876. The predicted molar refractivity (Wildman–Crippen MR) is 59.0 cm³/mol. The maximum absolute atomic E-state index is 10.6. The Hall–Kier alpha value is -2.09. The van der Waals surface area contributed by atoms with Crippen molar-refractivity contribution >= 4 is 11.8 Å². The number of hydrogen-bond donors (Lipinski definition) is 2. The monoisotopic (exact) mass is 219 g/mol. The number of aryl methyl sites for hydroxylation is 1. The molecule has 0 saturated carbocycles. The lowest BCUT2D eigenvalue weighted by Gasteiger charge is -2.10. The molecule has 16 heavy (non-hydrogen) atoms. The van der Waals surface area contributed by atoms with Crippen LogP contribution >= 0.6 is 0 Å². The van der Waals surface area contributed by atoms with Crippen molar-refractivity contribution in [3.8, 4) is 6.07 Å². The molecule has 0 amide bonds. The summed E-state index contributed by atoms with van der Waals surface area (Å²) in [5, 5.41) is 20.4. The summed E-state index contributed by atoms with van der Waals surface area (Å²) in [7, 11) is 0. The summed E-state index contributed by atoms with van der Waals surface area (Å²) < 4.78 is 0. The molecule has 1 rings (SSSR count). The molecule has 84 valence electrons. The second-order valence-electron chi connectivity index (χ2n) is 3.58. The van der Waals surface area contributed by atoms with Gasteiger partial charge in [0, 0.05) is 12.2 Å². The van der Waals surface area contributed by atoms with E-state index in [2.05, 4.69) is 10.3 Å². The van der Waals surface area contributed by atoms with Crippen molar-refractivity contribution in [3.05, 3.63) is 23.4 Å². The SMILES string of the molecule is Cc1ccc(C#N)c(NCC(C)C(=O)O)n1. The first kappa shape index (κ1) is 12.0. The number of hydrogen-bond acceptors (Lipinski definition) is 4. The summed E-state index contributed by atoms with van der Waals surface area (Å²) in [5.74, 6) is -0.955. The quantitative estimate of drug-likeness (QED) is 0.799. The number of aromatic nitrogens is 1. The molecule has 0 fully saturated rings. The van der Waals surface area contributed by atoms with Gasteiger partial charge >= 0.3 is 5.97 Å². The standard InChI is InChI=1S/C11H13N3O2/c1-7(11(15)16)6-13-10-9(5-12)4-3-8(2)14-10/h3-4,7H,6H2,1-2H3,(H,13,14)(H,15,16). The van der Waals surface area contributed by atoms with Crippen molar-refractivity contribution in [2.75, 3.05) is 11.9 Å². The lowest BCUT2D eigenvalue weighted by atomic mass is 10.2. The second kappa shape index (κ2) is 5.12. The highest BCUT2D eigenvalue weighted by Crippen LogP contribution is 2.12. The van der Waals surface area contributed by atoms with E-state index in [9.17, 15) is 4.79 Å². The van der Waals surface area contributed by atoms with Crippen LogP contribution in [0.2, 0.25) is 0 Å². The van der Waals surface area contributed by atoms with E-state index in [1.807, 2.05) is 13.0 Å². The first-order chi connectivity index (χ1) is 7.54. The number of nitrogens with one attached hydrogen (secondary N) is 1. The highest BCUT2D eigenvalue weighted by molar-refractivity contribution is 5.70. The molecule has 1 heterocycles. The number of nitriles is 1. The largest absolute Gasteiger partial charge is 0.481 e. The van der Waals surface area contributed by atoms with Crippen LogP contribution in [-0.2, 0) is 4.79 Å². The molecular formula is C11H13N3O2. The van der Waals surface area contributed by atoms with Gasteiger partial charge < -0.3 is 10.4 Å². The highest BCUT2D eigenvalue weighted by Gasteiger charge is 2.11. The van der Waals surface area contributed by atoms with Crippen molar-refractivity contribution in [1.29, 1.82) is 5.26 Å². The normalized spacial score (nSPS) is 11.6. The van der Waals surface area contributed by atoms with Gasteiger partial charge in [-0.05, 0) is 19.1 Å². The van der Waals surface area contributed by atoms with Gasteiger partial charge in [0.05, 0.1) is 11.5 Å². The molecule has 0 bridgehead atoms. The van der Waals surface area contributed by atoms with Crippen LogP contribution in [0.15, 0.2) is 12.1 Å². The van der Waals surface area contributed by atoms with Gasteiger partial charge in [0.1, 0.15) is 11.9 Å². The summed E-state index contributed by atoms with van der Waals surface area (Å²) in [6.07, 6.45) is 0. The lowest BCUT2D eigenvalue weighted by Crippen LogP contribution is -2.20. The Kier molecular flexibility index (Phi) is 3.84. The summed E-state index contributed by atoms with van der Waals surface area (Å²) in [6.45, 7) is 3.66. The summed E-state index contributed by atoms with van der Waals surface area (Å²) in [6, 6.07) is 5.41. The Balaban J connectivity index is 2.77. The molecule has 1 aromatic rings. The fraction of sp³-hybridized carbons (Fsp3) is 0.364. The number of rotatable bonds is 4. The van der Waals surface area contributed by atoms with E-state index in [1.165, 1.54) is 0 Å². The molecule has 1 unspecified atom stereocenters. The lowest BCUT2D eigenvalue weighted by molar-refractivity contribution is -0.140. The minimum absolute atomic E-state index is 0.250. The Labute approximate surface area is 93.7 Å². The summed E-state index contributed by atoms with van der Waals surface area (Å²) >= 11 is 0. The van der Waals surface area contributed by atoms with E-state index in [-0.39, 0.29) is 6.54 Å². The van der Waals surface area contributed by atoms with Gasteiger partial charge in [-0.2, -0.15) is 5.26 Å². The van der Waals surface area contributed by atoms with Gasteiger partial charge in [-0.15, -0.1) is 0 Å². The molecule has 5 nitrogen and oxygen atoms in total. The number of anilines is 1. The maximum atomic E-state index is 10.6. The van der Waals surface area contributed by atoms with Crippen LogP contribution in [0, 0.1) is 24.2 Å². The molecule has 1 aromatic heterocycles. The number of pyridine rings is 1. The smallest absolute Gasteiger partial charge is 0.308 e. The zero-order chi connectivity index (χ0) is 12.1. The molecule has 0 aliphatic rings. The Morgan fingerprint density at radius 1 is 1.69 bits per heavy atom. The molecule has 0 aliphatic carbocycles. The molecule has 2 N–H and O–H groups in total. The first-order valence-corrected chi connectivity index (χ1v) is 4.89. The minimum Gasteiger partial charge on any atom is -0.481 e. The molecule has 0 aliphatic heterocycles. The van der Waals surface area contributed by atoms with Gasteiger partial charge in [-0.1, -0.05) is 6.92 Å². The highest BCUT2D eigenvalue weighted by atomic mass is 16.4. The summed E-state index contributed by atoms with van der Waals surface area (Å²) in [4.78, 5) is 14.8. The van der Waals surface area contributed by atoms with Crippen LogP contribution in [0.3, 0.4) is 0 Å². The Bertz CT molecular complexity index is 437. The van der Waals surface area contributed by atoms with Gasteiger partial charge in [0.25, 0.3) is 0 Å². The van der Waals surface area contributed by atoms with Crippen LogP contribution in [-0.4, -0.2) is 22.6 Å². The van der Waals surface area contributed by atoms with Crippen molar-refractivity contribution < 1.29 is 9.90 Å². The van der Waals surface area contributed by atoms with Crippen LogP contribution in [0.4, 0.5) is 5.82 Å². The van der Waals surface area contributed by atoms with Crippen molar-refractivity contribution in [2.45, 2.75) is 13.8 Å². The Morgan fingerprint density at radius 3 is 2.94 bits per heavy atom. The third-order valence-electron chi connectivity index (χ3n) is 2.15. The van der Waals surface area contributed by atoms with E-state index >= 15 is 0 Å². The number of carboxylic acids is 1. The predicted octanol–water partition coefficient (Wildman–Crippen LogP) is 1.39. The van der Waals surface area contributed by atoms with Crippen LogP contribution < -0.4 is 5.32 Å². The number of aliphatic carboxylic acids is 1. The fourth-order valence-electron chi connectivity index (χ4n) is 1.12. The molecular weight excluding hydrogens is 206 g/mol. The van der Waals surface area contributed by atoms with Crippen LogP contribution in [0.5, 0.6) is 0 Å². The average molecular weight is 219 g/mol. The van der Waals surface area contributed by atoms with E-state index in [4.69, 9.17) is 10.4 Å². The molecule has 0 spiro atoms. The van der Waals surface area contributed by atoms with E-state index < -0.39 is 11.9 Å². The van der Waals surface area contributed by atoms with Crippen molar-refractivity contribution in [1.82, 2.24) is 4.98 Å². The molecule has 5 heteroatoms. The molecule has 0 aromatic carbocycles. The number of carboxylic acid groups (broad SMARTS) is 1.